The van der Waals surface area contributed by atoms with Crippen molar-refractivity contribution in [2.75, 3.05) is 12.4 Å². The van der Waals surface area contributed by atoms with Crippen LogP contribution in [0.2, 0.25) is 8.67 Å². The van der Waals surface area contributed by atoms with E-state index >= 15 is 0 Å². The Hall–Kier alpha value is -1.36. The fourth-order valence-electron chi connectivity index (χ4n) is 2.05. The van der Waals surface area contributed by atoms with Crippen LogP contribution in [0.15, 0.2) is 24.3 Å². The number of fused-ring (bicyclic) bond motifs is 1. The van der Waals surface area contributed by atoms with Crippen molar-refractivity contribution in [2.45, 2.75) is 6.92 Å². The van der Waals surface area contributed by atoms with E-state index in [4.69, 9.17) is 23.2 Å². The molecule has 0 amide bonds. The second-order valence-corrected chi connectivity index (χ2v) is 6.69. The van der Waals surface area contributed by atoms with E-state index in [1.54, 1.807) is 6.07 Å². The van der Waals surface area contributed by atoms with Gasteiger partial charge in [-0.25, -0.2) is 9.97 Å². The molecule has 3 rings (SSSR count). The Morgan fingerprint density at radius 1 is 1.15 bits per heavy atom. The minimum Gasteiger partial charge on any atom is -0.373 e. The SMILES string of the molecule is CNc1nc(-c2cc(Cl)sc2Cl)nc2ccc(C)cc12. The second-order valence-electron chi connectivity index (χ2n) is 4.40. The van der Waals surface area contributed by atoms with Gasteiger partial charge >= 0.3 is 0 Å². The predicted molar refractivity (Wildman–Crippen MR) is 87.2 cm³/mol. The number of rotatable bonds is 2. The van der Waals surface area contributed by atoms with E-state index in [0.29, 0.717) is 14.5 Å². The molecule has 0 bridgehead atoms. The third kappa shape index (κ3) is 2.35. The number of aromatic nitrogens is 2. The molecule has 0 saturated carbocycles. The van der Waals surface area contributed by atoms with Gasteiger partial charge in [-0.3, -0.25) is 0 Å². The van der Waals surface area contributed by atoms with Gasteiger partial charge in [-0.15, -0.1) is 11.3 Å². The smallest absolute Gasteiger partial charge is 0.164 e. The van der Waals surface area contributed by atoms with E-state index < -0.39 is 0 Å². The number of nitrogens with one attached hydrogen (secondary N) is 1. The number of hydrogen-bond donors (Lipinski definition) is 1. The number of benzene rings is 1. The van der Waals surface area contributed by atoms with Crippen LogP contribution in [0.5, 0.6) is 0 Å². The van der Waals surface area contributed by atoms with Crippen molar-refractivity contribution in [3.8, 4) is 11.4 Å². The third-order valence-electron chi connectivity index (χ3n) is 2.99. The molecule has 0 unspecified atom stereocenters. The Morgan fingerprint density at radius 3 is 2.60 bits per heavy atom. The molecule has 0 fully saturated rings. The maximum absolute atomic E-state index is 6.19. The molecule has 0 aliphatic carbocycles. The number of aryl methyl sites for hydroxylation is 1. The summed E-state index contributed by atoms with van der Waals surface area (Å²) in [6.07, 6.45) is 0. The van der Waals surface area contributed by atoms with Gasteiger partial charge in [0.05, 0.1) is 15.4 Å². The Bertz CT molecular complexity index is 798. The van der Waals surface area contributed by atoms with Gasteiger partial charge in [-0.05, 0) is 25.1 Å². The first-order valence-corrected chi connectivity index (χ1v) is 7.57. The molecule has 102 valence electrons. The maximum Gasteiger partial charge on any atom is 0.164 e. The highest BCUT2D eigenvalue weighted by Gasteiger charge is 2.14. The zero-order chi connectivity index (χ0) is 14.3. The number of thiophene rings is 1. The molecule has 0 spiro atoms. The molecule has 0 saturated heterocycles. The minimum absolute atomic E-state index is 0.582. The monoisotopic (exact) mass is 323 g/mol. The molecule has 6 heteroatoms. The Morgan fingerprint density at radius 2 is 1.95 bits per heavy atom. The van der Waals surface area contributed by atoms with Crippen LogP contribution < -0.4 is 5.32 Å². The summed E-state index contributed by atoms with van der Waals surface area (Å²) in [7, 11) is 1.84. The number of hydrogen-bond acceptors (Lipinski definition) is 4. The van der Waals surface area contributed by atoms with E-state index in [0.717, 1.165) is 22.3 Å². The molecule has 1 N–H and O–H groups in total. The van der Waals surface area contributed by atoms with Gasteiger partial charge in [0.2, 0.25) is 0 Å². The van der Waals surface area contributed by atoms with Crippen molar-refractivity contribution in [1.29, 1.82) is 0 Å². The molecule has 2 aromatic heterocycles. The maximum atomic E-state index is 6.19. The van der Waals surface area contributed by atoms with Crippen molar-refractivity contribution in [1.82, 2.24) is 9.97 Å². The normalized spacial score (nSPS) is 11.0. The second kappa shape index (κ2) is 5.20. The van der Waals surface area contributed by atoms with Crippen molar-refractivity contribution in [2.24, 2.45) is 0 Å². The van der Waals surface area contributed by atoms with Crippen LogP contribution in [0.4, 0.5) is 5.82 Å². The predicted octanol–water partition coefficient (Wildman–Crippen LogP) is 5.02. The highest BCUT2D eigenvalue weighted by molar-refractivity contribution is 7.20. The van der Waals surface area contributed by atoms with Crippen LogP contribution in [0, 0.1) is 6.92 Å². The zero-order valence-electron chi connectivity index (χ0n) is 10.9. The highest BCUT2D eigenvalue weighted by atomic mass is 35.5. The zero-order valence-corrected chi connectivity index (χ0v) is 13.2. The van der Waals surface area contributed by atoms with Gasteiger partial charge in [0.1, 0.15) is 10.2 Å². The average molecular weight is 324 g/mol. The first kappa shape index (κ1) is 13.6. The van der Waals surface area contributed by atoms with Crippen LogP contribution >= 0.6 is 34.5 Å². The molecule has 0 atom stereocenters. The van der Waals surface area contributed by atoms with Crippen LogP contribution in [-0.2, 0) is 0 Å². The summed E-state index contributed by atoms with van der Waals surface area (Å²) in [5.41, 5.74) is 2.81. The molecule has 1 aromatic carbocycles. The summed E-state index contributed by atoms with van der Waals surface area (Å²) >= 11 is 13.5. The standard InChI is InChI=1S/C14H11Cl2N3S/c1-7-3-4-10-8(5-7)13(17-2)19-14(18-10)9-6-11(15)20-12(9)16/h3-6H,1-2H3,(H,17,18,19). The number of halogens is 2. The lowest BCUT2D eigenvalue weighted by molar-refractivity contribution is 1.21. The summed E-state index contributed by atoms with van der Waals surface area (Å²) in [6.45, 7) is 2.04. The third-order valence-corrected chi connectivity index (χ3v) is 4.47. The average Bonchev–Trinajstić information content (AvgIpc) is 2.76. The van der Waals surface area contributed by atoms with Crippen LogP contribution in [0.1, 0.15) is 5.56 Å². The van der Waals surface area contributed by atoms with Gasteiger partial charge in [0.15, 0.2) is 5.82 Å². The van der Waals surface area contributed by atoms with Gasteiger partial charge < -0.3 is 5.32 Å². The lowest BCUT2D eigenvalue weighted by atomic mass is 10.1. The van der Waals surface area contributed by atoms with Gasteiger partial charge in [0.25, 0.3) is 0 Å². The van der Waals surface area contributed by atoms with Gasteiger partial charge in [-0.1, -0.05) is 34.8 Å². The summed E-state index contributed by atoms with van der Waals surface area (Å²) < 4.78 is 1.23. The topological polar surface area (TPSA) is 37.8 Å². The highest BCUT2D eigenvalue weighted by Crippen LogP contribution is 2.37. The van der Waals surface area contributed by atoms with Crippen molar-refractivity contribution >= 4 is 51.3 Å². The fraction of sp³-hybridized carbons (Fsp3) is 0.143. The van der Waals surface area contributed by atoms with Crippen LogP contribution in [0.3, 0.4) is 0 Å². The lowest BCUT2D eigenvalue weighted by Crippen LogP contribution is -1.98. The summed E-state index contributed by atoms with van der Waals surface area (Å²) in [5.74, 6) is 1.37. The molecule has 3 nitrogen and oxygen atoms in total. The fourth-order valence-corrected chi connectivity index (χ4v) is 3.50. The first-order valence-electron chi connectivity index (χ1n) is 6.00. The first-order chi connectivity index (χ1) is 9.58. The van der Waals surface area contributed by atoms with E-state index in [1.165, 1.54) is 16.9 Å². The van der Waals surface area contributed by atoms with Crippen molar-refractivity contribution in [3.63, 3.8) is 0 Å². The molecule has 3 aromatic rings. The van der Waals surface area contributed by atoms with E-state index in [1.807, 2.05) is 26.1 Å². The largest absolute Gasteiger partial charge is 0.373 e. The number of anilines is 1. The van der Waals surface area contributed by atoms with Gasteiger partial charge in [0, 0.05) is 12.4 Å². The summed E-state index contributed by atoms with van der Waals surface area (Å²) in [6, 6.07) is 7.87. The molecule has 0 aliphatic heterocycles. The summed E-state index contributed by atoms with van der Waals surface area (Å²) in [5, 5.41) is 4.10. The van der Waals surface area contributed by atoms with Crippen LogP contribution in [-0.4, -0.2) is 17.0 Å². The molecule has 0 aliphatic rings. The molecule has 0 radical (unpaired) electrons. The molecular formula is C14H11Cl2N3S. The van der Waals surface area contributed by atoms with E-state index in [9.17, 15) is 0 Å². The quantitative estimate of drug-likeness (QED) is 0.719. The number of nitrogens with zero attached hydrogens (tertiary/aromatic N) is 2. The summed E-state index contributed by atoms with van der Waals surface area (Å²) in [4.78, 5) is 9.13. The van der Waals surface area contributed by atoms with Crippen LogP contribution in [0.25, 0.3) is 22.3 Å². The molecule has 2 heterocycles. The lowest BCUT2D eigenvalue weighted by Gasteiger charge is -2.08. The van der Waals surface area contributed by atoms with Gasteiger partial charge in [-0.2, -0.15) is 0 Å². The van der Waals surface area contributed by atoms with E-state index in [2.05, 4.69) is 21.4 Å². The minimum atomic E-state index is 0.582. The molecule has 20 heavy (non-hydrogen) atoms. The van der Waals surface area contributed by atoms with E-state index in [-0.39, 0.29) is 0 Å². The Labute approximate surface area is 130 Å². The molecular weight excluding hydrogens is 313 g/mol. The van der Waals surface area contributed by atoms with Crippen molar-refractivity contribution in [3.05, 3.63) is 38.5 Å². The van der Waals surface area contributed by atoms with Crippen molar-refractivity contribution < 1.29 is 0 Å². The Balaban J connectivity index is 2.28. The Kier molecular flexibility index (Phi) is 3.54.